The smallest absolute Gasteiger partial charge is 0.142 e. The molecule has 0 atom stereocenters. The number of aromatic nitrogens is 1. The average molecular weight is 287 g/mol. The van der Waals surface area contributed by atoms with E-state index in [4.69, 9.17) is 28.0 Å². The van der Waals surface area contributed by atoms with Crippen LogP contribution in [0.15, 0.2) is 35.1 Å². The number of thiazole rings is 1. The summed E-state index contributed by atoms with van der Waals surface area (Å²) in [6.07, 6.45) is 3.34. The third-order valence-corrected chi connectivity index (χ3v) is 3.37. The number of oxime groups is 1. The zero-order chi connectivity index (χ0) is 12.1. The van der Waals surface area contributed by atoms with Gasteiger partial charge in [0.15, 0.2) is 0 Å². The third-order valence-electron chi connectivity index (χ3n) is 1.92. The van der Waals surface area contributed by atoms with Crippen LogP contribution in [0.1, 0.15) is 10.4 Å². The Bertz CT molecular complexity index is 514. The van der Waals surface area contributed by atoms with E-state index in [1.54, 1.807) is 30.1 Å². The molecule has 2 rings (SSSR count). The Morgan fingerprint density at radius 2 is 2.24 bits per heavy atom. The minimum absolute atomic E-state index is 0.353. The van der Waals surface area contributed by atoms with Crippen LogP contribution >= 0.6 is 34.5 Å². The fourth-order valence-electron chi connectivity index (χ4n) is 1.12. The van der Waals surface area contributed by atoms with Gasteiger partial charge in [-0.3, -0.25) is 4.98 Å². The first-order valence-corrected chi connectivity index (χ1v) is 6.37. The lowest BCUT2D eigenvalue weighted by Crippen LogP contribution is -1.87. The summed E-state index contributed by atoms with van der Waals surface area (Å²) in [5.41, 5.74) is 2.65. The molecule has 0 radical (unpaired) electrons. The lowest BCUT2D eigenvalue weighted by Gasteiger charge is -2.01. The normalized spacial score (nSPS) is 10.9. The molecule has 0 fully saturated rings. The van der Waals surface area contributed by atoms with E-state index < -0.39 is 0 Å². The predicted molar refractivity (Wildman–Crippen MR) is 71.0 cm³/mol. The standard InChI is InChI=1S/C11H8Cl2N2OS/c12-10-2-1-8(3-11(10)13)6-16-15-5-9-4-14-7-17-9/h1-5,7H,6H2/b15-5+. The summed E-state index contributed by atoms with van der Waals surface area (Å²) >= 11 is 13.2. The van der Waals surface area contributed by atoms with Crippen molar-refractivity contribution in [2.45, 2.75) is 6.61 Å². The van der Waals surface area contributed by atoms with Crippen molar-refractivity contribution in [3.8, 4) is 0 Å². The number of hydrogen-bond donors (Lipinski definition) is 0. The molecule has 0 saturated carbocycles. The average Bonchev–Trinajstić information content (AvgIpc) is 2.82. The maximum absolute atomic E-state index is 5.88. The first-order valence-electron chi connectivity index (χ1n) is 4.73. The first kappa shape index (κ1) is 12.4. The number of rotatable bonds is 4. The van der Waals surface area contributed by atoms with Gasteiger partial charge in [0.2, 0.25) is 0 Å². The van der Waals surface area contributed by atoms with Crippen molar-refractivity contribution in [1.29, 1.82) is 0 Å². The van der Waals surface area contributed by atoms with Crippen LogP contribution in [0.3, 0.4) is 0 Å². The monoisotopic (exact) mass is 286 g/mol. The van der Waals surface area contributed by atoms with Gasteiger partial charge >= 0.3 is 0 Å². The number of benzene rings is 1. The van der Waals surface area contributed by atoms with Crippen LogP contribution in [-0.4, -0.2) is 11.2 Å². The number of nitrogens with zero attached hydrogens (tertiary/aromatic N) is 2. The molecule has 2 aromatic rings. The zero-order valence-electron chi connectivity index (χ0n) is 8.64. The molecule has 0 saturated heterocycles. The van der Waals surface area contributed by atoms with Crippen LogP contribution < -0.4 is 0 Å². The van der Waals surface area contributed by atoms with Crippen LogP contribution in [0, 0.1) is 0 Å². The molecule has 0 spiro atoms. The highest BCUT2D eigenvalue weighted by atomic mass is 35.5. The summed E-state index contributed by atoms with van der Waals surface area (Å²) in [5, 5.41) is 4.87. The highest BCUT2D eigenvalue weighted by Crippen LogP contribution is 2.22. The van der Waals surface area contributed by atoms with E-state index in [-0.39, 0.29) is 0 Å². The maximum Gasteiger partial charge on any atom is 0.142 e. The van der Waals surface area contributed by atoms with E-state index in [0.717, 1.165) is 10.4 Å². The van der Waals surface area contributed by atoms with Crippen LogP contribution in [0.5, 0.6) is 0 Å². The summed E-state index contributed by atoms with van der Waals surface area (Å²) in [4.78, 5) is 10.00. The van der Waals surface area contributed by atoms with Crippen LogP contribution in [-0.2, 0) is 11.4 Å². The van der Waals surface area contributed by atoms with E-state index in [2.05, 4.69) is 10.1 Å². The summed E-state index contributed by atoms with van der Waals surface area (Å²) in [5.74, 6) is 0. The second-order valence-electron chi connectivity index (χ2n) is 3.16. The molecule has 1 aromatic carbocycles. The third kappa shape index (κ3) is 3.70. The van der Waals surface area contributed by atoms with Gasteiger partial charge in [-0.15, -0.1) is 11.3 Å². The second-order valence-corrected chi connectivity index (χ2v) is 4.89. The number of halogens is 2. The minimum atomic E-state index is 0.353. The van der Waals surface area contributed by atoms with E-state index in [0.29, 0.717) is 16.7 Å². The van der Waals surface area contributed by atoms with Gasteiger partial charge in [0.05, 0.1) is 26.6 Å². The molecular formula is C11H8Cl2N2OS. The first-order chi connectivity index (χ1) is 8.25. The highest BCUT2D eigenvalue weighted by Gasteiger charge is 1.99. The summed E-state index contributed by atoms with van der Waals surface area (Å²) < 4.78 is 0. The lowest BCUT2D eigenvalue weighted by molar-refractivity contribution is 0.132. The summed E-state index contributed by atoms with van der Waals surface area (Å²) in [7, 11) is 0. The van der Waals surface area contributed by atoms with Gasteiger partial charge in [-0.25, -0.2) is 0 Å². The molecule has 1 heterocycles. The van der Waals surface area contributed by atoms with Crippen molar-refractivity contribution in [2.75, 3.05) is 0 Å². The van der Waals surface area contributed by atoms with E-state index in [1.165, 1.54) is 11.3 Å². The predicted octanol–water partition coefficient (Wildman–Crippen LogP) is 4.00. The molecule has 88 valence electrons. The summed E-state index contributed by atoms with van der Waals surface area (Å²) in [6.45, 7) is 0.353. The quantitative estimate of drug-likeness (QED) is 0.629. The van der Waals surface area contributed by atoms with Crippen molar-refractivity contribution in [1.82, 2.24) is 4.98 Å². The van der Waals surface area contributed by atoms with Gasteiger partial charge in [-0.1, -0.05) is 34.4 Å². The van der Waals surface area contributed by atoms with Gasteiger partial charge in [0, 0.05) is 6.20 Å². The Morgan fingerprint density at radius 1 is 1.35 bits per heavy atom. The molecule has 0 bridgehead atoms. The van der Waals surface area contributed by atoms with Gasteiger partial charge in [0.1, 0.15) is 6.61 Å². The zero-order valence-corrected chi connectivity index (χ0v) is 11.0. The SMILES string of the molecule is Clc1ccc(CO/N=C/c2cncs2)cc1Cl. The van der Waals surface area contributed by atoms with E-state index in [9.17, 15) is 0 Å². The highest BCUT2D eigenvalue weighted by molar-refractivity contribution is 7.11. The van der Waals surface area contributed by atoms with Crippen molar-refractivity contribution >= 4 is 40.8 Å². The van der Waals surface area contributed by atoms with Crippen LogP contribution in [0.25, 0.3) is 0 Å². The van der Waals surface area contributed by atoms with Crippen LogP contribution in [0.2, 0.25) is 10.0 Å². The van der Waals surface area contributed by atoms with Gasteiger partial charge in [0.25, 0.3) is 0 Å². The van der Waals surface area contributed by atoms with Crippen LogP contribution in [0.4, 0.5) is 0 Å². The molecule has 6 heteroatoms. The Morgan fingerprint density at radius 3 is 2.94 bits per heavy atom. The molecular weight excluding hydrogens is 279 g/mol. The molecule has 0 aliphatic heterocycles. The van der Waals surface area contributed by atoms with Crippen molar-refractivity contribution in [2.24, 2.45) is 5.16 Å². The molecule has 0 amide bonds. The van der Waals surface area contributed by atoms with Crippen molar-refractivity contribution in [3.05, 3.63) is 50.4 Å². The van der Waals surface area contributed by atoms with E-state index >= 15 is 0 Å². The fourth-order valence-corrected chi connectivity index (χ4v) is 1.91. The molecule has 0 N–H and O–H groups in total. The maximum atomic E-state index is 5.88. The summed E-state index contributed by atoms with van der Waals surface area (Å²) in [6, 6.07) is 5.33. The minimum Gasteiger partial charge on any atom is -0.391 e. The molecule has 0 aliphatic carbocycles. The second kappa shape index (κ2) is 6.00. The topological polar surface area (TPSA) is 34.5 Å². The van der Waals surface area contributed by atoms with Gasteiger partial charge in [-0.2, -0.15) is 0 Å². The molecule has 0 unspecified atom stereocenters. The molecule has 3 nitrogen and oxygen atoms in total. The van der Waals surface area contributed by atoms with Gasteiger partial charge in [-0.05, 0) is 17.7 Å². The fraction of sp³-hybridized carbons (Fsp3) is 0.0909. The molecule has 17 heavy (non-hydrogen) atoms. The Hall–Kier alpha value is -1.10. The largest absolute Gasteiger partial charge is 0.391 e. The van der Waals surface area contributed by atoms with E-state index in [1.807, 2.05) is 6.07 Å². The van der Waals surface area contributed by atoms with Crippen molar-refractivity contribution in [3.63, 3.8) is 0 Å². The Labute approximate surface area is 113 Å². The van der Waals surface area contributed by atoms with Crippen molar-refractivity contribution < 1.29 is 4.84 Å². The molecule has 1 aromatic heterocycles. The Balaban J connectivity index is 1.88. The number of hydrogen-bond acceptors (Lipinski definition) is 4. The lowest BCUT2D eigenvalue weighted by atomic mass is 10.2. The Kier molecular flexibility index (Phi) is 4.36. The van der Waals surface area contributed by atoms with Gasteiger partial charge < -0.3 is 4.84 Å². The molecule has 0 aliphatic rings.